The predicted octanol–water partition coefficient (Wildman–Crippen LogP) is 4.76. The maximum absolute atomic E-state index is 13.5. The molecule has 0 saturated heterocycles. The van der Waals surface area contributed by atoms with Crippen molar-refractivity contribution in [3.8, 4) is 0 Å². The van der Waals surface area contributed by atoms with E-state index >= 15 is 0 Å². The summed E-state index contributed by atoms with van der Waals surface area (Å²) >= 11 is 1.60. The smallest absolute Gasteiger partial charge is 0.271 e. The lowest BCUT2D eigenvalue weighted by Gasteiger charge is -2.03. The number of rotatable bonds is 6. The molecule has 0 fully saturated rings. The van der Waals surface area contributed by atoms with E-state index in [0.29, 0.717) is 11.1 Å². The monoisotopic (exact) mass is 404 g/mol. The summed E-state index contributed by atoms with van der Waals surface area (Å²) in [5, 5.41) is 4.67. The number of aromatic nitrogens is 2. The minimum atomic E-state index is -0.392. The van der Waals surface area contributed by atoms with Crippen molar-refractivity contribution in [1.82, 2.24) is 15.4 Å². The second-order valence-corrected chi connectivity index (χ2v) is 7.23. The molecule has 0 aliphatic heterocycles. The largest absolute Gasteiger partial charge is 0.333 e. The van der Waals surface area contributed by atoms with Crippen LogP contribution in [-0.2, 0) is 5.75 Å². The van der Waals surface area contributed by atoms with E-state index in [4.69, 9.17) is 0 Å². The molecule has 0 bridgehead atoms. The summed E-state index contributed by atoms with van der Waals surface area (Å²) in [7, 11) is 0. The highest BCUT2D eigenvalue weighted by molar-refractivity contribution is 7.98. The van der Waals surface area contributed by atoms with Crippen molar-refractivity contribution in [3.63, 3.8) is 0 Å². The number of thioether (sulfide) groups is 1. The Morgan fingerprint density at radius 3 is 2.62 bits per heavy atom. The van der Waals surface area contributed by atoms with Crippen molar-refractivity contribution in [2.75, 3.05) is 0 Å². The lowest BCUT2D eigenvalue weighted by atomic mass is 10.1. The Bertz CT molecular complexity index is 1140. The van der Waals surface area contributed by atoms with E-state index in [1.165, 1.54) is 12.3 Å². The van der Waals surface area contributed by atoms with Crippen LogP contribution in [0.4, 0.5) is 4.39 Å². The third-order valence-corrected chi connectivity index (χ3v) is 5.18. The first-order valence-electron chi connectivity index (χ1n) is 8.93. The van der Waals surface area contributed by atoms with Crippen molar-refractivity contribution in [3.05, 3.63) is 95.3 Å². The van der Waals surface area contributed by atoms with Crippen LogP contribution < -0.4 is 5.43 Å². The van der Waals surface area contributed by atoms with Gasteiger partial charge in [-0.1, -0.05) is 54.2 Å². The lowest BCUT2D eigenvalue weighted by molar-refractivity contribution is 0.0955. The van der Waals surface area contributed by atoms with Crippen molar-refractivity contribution < 1.29 is 9.18 Å². The van der Waals surface area contributed by atoms with E-state index in [0.717, 1.165) is 27.5 Å². The minimum Gasteiger partial charge on any atom is -0.333 e. The molecule has 4 aromatic rings. The number of halogens is 1. The van der Waals surface area contributed by atoms with Gasteiger partial charge >= 0.3 is 0 Å². The van der Waals surface area contributed by atoms with Crippen LogP contribution in [-0.4, -0.2) is 22.1 Å². The number of imidazole rings is 1. The number of benzene rings is 3. The number of hydrogen-bond donors (Lipinski definition) is 2. The van der Waals surface area contributed by atoms with Crippen LogP contribution in [0.1, 0.15) is 21.5 Å². The van der Waals surface area contributed by atoms with Gasteiger partial charge in [0, 0.05) is 16.9 Å². The number of para-hydroxylation sites is 2. The molecule has 1 amide bonds. The van der Waals surface area contributed by atoms with Crippen molar-refractivity contribution in [2.45, 2.75) is 10.9 Å². The Labute approximate surface area is 171 Å². The van der Waals surface area contributed by atoms with Gasteiger partial charge in [0.15, 0.2) is 5.16 Å². The molecule has 2 N–H and O–H groups in total. The van der Waals surface area contributed by atoms with Gasteiger partial charge in [0.25, 0.3) is 5.91 Å². The Morgan fingerprint density at radius 2 is 1.83 bits per heavy atom. The maximum atomic E-state index is 13.5. The first kappa shape index (κ1) is 18.9. The summed E-state index contributed by atoms with van der Waals surface area (Å²) in [6.07, 6.45) is 1.28. The number of amides is 1. The van der Waals surface area contributed by atoms with Gasteiger partial charge in [-0.25, -0.2) is 14.8 Å². The van der Waals surface area contributed by atoms with E-state index < -0.39 is 5.82 Å². The Kier molecular flexibility index (Phi) is 5.67. The molecule has 3 aromatic carbocycles. The molecular formula is C22H17FN4OS. The summed E-state index contributed by atoms with van der Waals surface area (Å²) < 4.78 is 13.5. The Balaban J connectivity index is 1.33. The number of nitrogens with one attached hydrogen (secondary N) is 2. The van der Waals surface area contributed by atoms with Crippen LogP contribution in [0.15, 0.2) is 83.1 Å². The highest BCUT2D eigenvalue weighted by Gasteiger charge is 2.06. The fourth-order valence-electron chi connectivity index (χ4n) is 2.71. The van der Waals surface area contributed by atoms with Gasteiger partial charge < -0.3 is 4.98 Å². The zero-order valence-electron chi connectivity index (χ0n) is 15.3. The molecule has 0 radical (unpaired) electrons. The molecule has 5 nitrogen and oxygen atoms in total. The highest BCUT2D eigenvalue weighted by Crippen LogP contribution is 2.23. The molecule has 0 aliphatic rings. The SMILES string of the molecule is O=C(N/N=C\c1ccccc1F)c1ccc(CSc2nc3ccccc3[nH]2)cc1. The molecule has 0 aliphatic carbocycles. The number of fused-ring (bicyclic) bond motifs is 1. The van der Waals surface area contributed by atoms with E-state index in [2.05, 4.69) is 20.5 Å². The molecule has 1 aromatic heterocycles. The van der Waals surface area contributed by atoms with Crippen LogP contribution in [0.2, 0.25) is 0 Å². The highest BCUT2D eigenvalue weighted by atomic mass is 32.2. The molecule has 0 unspecified atom stereocenters. The van der Waals surface area contributed by atoms with Gasteiger partial charge in [0.2, 0.25) is 0 Å². The Morgan fingerprint density at radius 1 is 1.07 bits per heavy atom. The quantitative estimate of drug-likeness (QED) is 0.277. The maximum Gasteiger partial charge on any atom is 0.271 e. The first-order valence-corrected chi connectivity index (χ1v) is 9.92. The van der Waals surface area contributed by atoms with Gasteiger partial charge in [-0.15, -0.1) is 0 Å². The van der Waals surface area contributed by atoms with Gasteiger partial charge in [-0.3, -0.25) is 4.79 Å². The first-order chi connectivity index (χ1) is 14.2. The third kappa shape index (κ3) is 4.70. The zero-order chi connectivity index (χ0) is 20.1. The second kappa shape index (κ2) is 8.70. The van der Waals surface area contributed by atoms with Gasteiger partial charge in [0.1, 0.15) is 5.82 Å². The number of carbonyl (C=O) groups is 1. The molecule has 1 heterocycles. The molecule has 4 rings (SSSR count). The summed E-state index contributed by atoms with van der Waals surface area (Å²) in [5.41, 5.74) is 6.23. The molecule has 29 heavy (non-hydrogen) atoms. The molecular weight excluding hydrogens is 387 g/mol. The summed E-state index contributed by atoms with van der Waals surface area (Å²) in [4.78, 5) is 20.0. The van der Waals surface area contributed by atoms with E-state index in [9.17, 15) is 9.18 Å². The number of hydrogen-bond acceptors (Lipinski definition) is 4. The summed E-state index contributed by atoms with van der Waals surface area (Å²) in [6.45, 7) is 0. The summed E-state index contributed by atoms with van der Waals surface area (Å²) in [5.74, 6) is -0.0152. The molecule has 0 atom stereocenters. The van der Waals surface area contributed by atoms with Crippen molar-refractivity contribution in [1.29, 1.82) is 0 Å². The van der Waals surface area contributed by atoms with Crippen molar-refractivity contribution in [2.24, 2.45) is 5.10 Å². The topological polar surface area (TPSA) is 70.1 Å². The number of nitrogens with zero attached hydrogens (tertiary/aromatic N) is 2. The summed E-state index contributed by atoms with van der Waals surface area (Å²) in [6, 6.07) is 21.4. The van der Waals surface area contributed by atoms with Gasteiger partial charge in [0.05, 0.1) is 17.2 Å². The van der Waals surface area contributed by atoms with E-state index in [-0.39, 0.29) is 5.91 Å². The van der Waals surface area contributed by atoms with Gasteiger partial charge in [-0.05, 0) is 35.9 Å². The van der Waals surface area contributed by atoms with E-state index in [1.54, 1.807) is 42.1 Å². The van der Waals surface area contributed by atoms with Crippen LogP contribution >= 0.6 is 11.8 Å². The second-order valence-electron chi connectivity index (χ2n) is 6.27. The molecule has 0 spiro atoms. The fraction of sp³-hybridized carbons (Fsp3) is 0.0455. The normalized spacial score (nSPS) is 11.2. The number of hydrazone groups is 1. The number of aromatic amines is 1. The van der Waals surface area contributed by atoms with Crippen LogP contribution in [0, 0.1) is 5.82 Å². The molecule has 7 heteroatoms. The predicted molar refractivity (Wildman–Crippen MR) is 114 cm³/mol. The molecule has 144 valence electrons. The lowest BCUT2D eigenvalue weighted by Crippen LogP contribution is -2.17. The minimum absolute atomic E-state index is 0.311. The number of carbonyl (C=O) groups excluding carboxylic acids is 1. The average molecular weight is 404 g/mol. The van der Waals surface area contributed by atoms with Crippen LogP contribution in [0.25, 0.3) is 11.0 Å². The van der Waals surface area contributed by atoms with Crippen LogP contribution in [0.5, 0.6) is 0 Å². The average Bonchev–Trinajstić information content (AvgIpc) is 3.17. The van der Waals surface area contributed by atoms with Crippen molar-refractivity contribution >= 4 is 34.9 Å². The molecule has 0 saturated carbocycles. The standard InChI is InChI=1S/C22H17FN4OS/c23-18-6-2-1-5-17(18)13-24-27-21(28)16-11-9-15(10-12-16)14-29-22-25-19-7-3-4-8-20(19)26-22/h1-13H,14H2,(H,25,26)(H,27,28)/b24-13-. The van der Waals surface area contributed by atoms with E-state index in [1.807, 2.05) is 36.4 Å². The Hall–Kier alpha value is -3.45. The number of H-pyrrole nitrogens is 1. The fourth-order valence-corrected chi connectivity index (χ4v) is 3.55. The van der Waals surface area contributed by atoms with Crippen LogP contribution in [0.3, 0.4) is 0 Å². The third-order valence-electron chi connectivity index (χ3n) is 4.23. The van der Waals surface area contributed by atoms with Gasteiger partial charge in [-0.2, -0.15) is 5.10 Å². The zero-order valence-corrected chi connectivity index (χ0v) is 16.1.